The molecule has 1 saturated heterocycles. The molecule has 0 aromatic heterocycles. The molecule has 2 aliphatic rings. The third-order valence-electron chi connectivity index (χ3n) is 4.96. The van der Waals surface area contributed by atoms with Crippen LogP contribution in [0.4, 0.5) is 0 Å². The van der Waals surface area contributed by atoms with Gasteiger partial charge in [0.1, 0.15) is 0 Å². The minimum Gasteiger partial charge on any atom is -0.309 e. The van der Waals surface area contributed by atoms with Gasteiger partial charge in [-0.25, -0.2) is 0 Å². The summed E-state index contributed by atoms with van der Waals surface area (Å²) < 4.78 is 0. The maximum atomic E-state index is 3.42. The fourth-order valence-corrected chi connectivity index (χ4v) is 3.54. The van der Waals surface area contributed by atoms with Crippen molar-refractivity contribution >= 4 is 0 Å². The van der Waals surface area contributed by atoms with Crippen molar-refractivity contribution in [1.29, 1.82) is 0 Å². The SMILES string of the molecule is CCN1CCC(N(C)Cc2ccc3c(c2)CNC3)CC1. The monoisotopic (exact) mass is 273 g/mol. The maximum Gasteiger partial charge on any atom is 0.0233 e. The van der Waals surface area contributed by atoms with Crippen molar-refractivity contribution in [2.24, 2.45) is 0 Å². The molecule has 0 bridgehead atoms. The summed E-state index contributed by atoms with van der Waals surface area (Å²) in [7, 11) is 2.29. The van der Waals surface area contributed by atoms with Crippen molar-refractivity contribution < 1.29 is 0 Å². The second-order valence-corrected chi connectivity index (χ2v) is 6.29. The molecule has 1 N–H and O–H groups in total. The lowest BCUT2D eigenvalue weighted by Crippen LogP contribution is -2.42. The van der Waals surface area contributed by atoms with E-state index < -0.39 is 0 Å². The molecule has 3 nitrogen and oxygen atoms in total. The molecular formula is C17H27N3. The Balaban J connectivity index is 1.57. The van der Waals surface area contributed by atoms with Crippen LogP contribution >= 0.6 is 0 Å². The standard InChI is InChI=1S/C17H27N3/c1-3-20-8-6-17(7-9-20)19(2)13-14-4-5-15-11-18-12-16(15)10-14/h4-5,10,17-18H,3,6-9,11-13H2,1-2H3. The van der Waals surface area contributed by atoms with Crippen LogP contribution in [0.2, 0.25) is 0 Å². The molecule has 2 heterocycles. The number of likely N-dealkylation sites (tertiary alicyclic amines) is 1. The van der Waals surface area contributed by atoms with Gasteiger partial charge in [-0.2, -0.15) is 0 Å². The summed E-state index contributed by atoms with van der Waals surface area (Å²) in [6.07, 6.45) is 2.63. The van der Waals surface area contributed by atoms with E-state index in [-0.39, 0.29) is 0 Å². The van der Waals surface area contributed by atoms with Crippen LogP contribution < -0.4 is 5.32 Å². The Labute approximate surface area is 123 Å². The summed E-state index contributed by atoms with van der Waals surface area (Å²) in [6, 6.07) is 7.76. The van der Waals surface area contributed by atoms with Crippen LogP contribution in [0.5, 0.6) is 0 Å². The molecule has 0 spiro atoms. The summed E-state index contributed by atoms with van der Waals surface area (Å²) >= 11 is 0. The highest BCUT2D eigenvalue weighted by molar-refractivity contribution is 5.34. The van der Waals surface area contributed by atoms with Crippen LogP contribution in [0, 0.1) is 0 Å². The molecule has 20 heavy (non-hydrogen) atoms. The fourth-order valence-electron chi connectivity index (χ4n) is 3.54. The molecule has 1 aromatic rings. The molecule has 0 saturated carbocycles. The van der Waals surface area contributed by atoms with Crippen molar-refractivity contribution in [2.45, 2.75) is 45.4 Å². The topological polar surface area (TPSA) is 18.5 Å². The highest BCUT2D eigenvalue weighted by Gasteiger charge is 2.21. The van der Waals surface area contributed by atoms with Crippen molar-refractivity contribution in [3.05, 3.63) is 34.9 Å². The van der Waals surface area contributed by atoms with E-state index >= 15 is 0 Å². The van der Waals surface area contributed by atoms with Gasteiger partial charge >= 0.3 is 0 Å². The van der Waals surface area contributed by atoms with E-state index in [1.165, 1.54) is 49.2 Å². The number of fused-ring (bicyclic) bond motifs is 1. The number of piperidine rings is 1. The average molecular weight is 273 g/mol. The Bertz CT molecular complexity index is 450. The molecule has 0 radical (unpaired) electrons. The van der Waals surface area contributed by atoms with Gasteiger partial charge in [-0.3, -0.25) is 4.90 Å². The molecule has 3 rings (SSSR count). The molecule has 3 heteroatoms. The highest BCUT2D eigenvalue weighted by Crippen LogP contribution is 2.20. The fraction of sp³-hybridized carbons (Fsp3) is 0.647. The van der Waals surface area contributed by atoms with Gasteiger partial charge in [0.25, 0.3) is 0 Å². The third kappa shape index (κ3) is 3.05. The van der Waals surface area contributed by atoms with Gasteiger partial charge in [0, 0.05) is 25.7 Å². The average Bonchev–Trinajstić information content (AvgIpc) is 2.95. The van der Waals surface area contributed by atoms with Gasteiger partial charge in [-0.05, 0) is 56.2 Å². The summed E-state index contributed by atoms with van der Waals surface area (Å²) in [4.78, 5) is 5.11. The summed E-state index contributed by atoms with van der Waals surface area (Å²) in [5, 5.41) is 3.42. The van der Waals surface area contributed by atoms with E-state index in [2.05, 4.69) is 47.3 Å². The van der Waals surface area contributed by atoms with Crippen molar-refractivity contribution in [1.82, 2.24) is 15.1 Å². The first-order chi connectivity index (χ1) is 9.76. The highest BCUT2D eigenvalue weighted by atomic mass is 15.2. The van der Waals surface area contributed by atoms with E-state index in [9.17, 15) is 0 Å². The van der Waals surface area contributed by atoms with Gasteiger partial charge in [0.05, 0.1) is 0 Å². The zero-order valence-corrected chi connectivity index (χ0v) is 12.9. The van der Waals surface area contributed by atoms with Gasteiger partial charge in [-0.1, -0.05) is 25.1 Å². The van der Waals surface area contributed by atoms with E-state index in [4.69, 9.17) is 0 Å². The molecule has 1 fully saturated rings. The molecule has 0 aliphatic carbocycles. The molecule has 0 unspecified atom stereocenters. The second kappa shape index (κ2) is 6.25. The largest absolute Gasteiger partial charge is 0.309 e. The van der Waals surface area contributed by atoms with Crippen molar-refractivity contribution in [3.63, 3.8) is 0 Å². The Morgan fingerprint density at radius 3 is 2.70 bits per heavy atom. The first-order valence-electron chi connectivity index (χ1n) is 8.00. The Morgan fingerprint density at radius 1 is 1.20 bits per heavy atom. The summed E-state index contributed by atoms with van der Waals surface area (Å²) in [5.74, 6) is 0. The molecule has 2 aliphatic heterocycles. The van der Waals surface area contributed by atoms with Crippen LogP contribution in [0.15, 0.2) is 18.2 Å². The van der Waals surface area contributed by atoms with E-state index in [0.717, 1.165) is 25.7 Å². The van der Waals surface area contributed by atoms with E-state index in [0.29, 0.717) is 0 Å². The van der Waals surface area contributed by atoms with Gasteiger partial charge in [-0.15, -0.1) is 0 Å². The molecule has 1 aromatic carbocycles. The molecular weight excluding hydrogens is 246 g/mol. The third-order valence-corrected chi connectivity index (χ3v) is 4.96. The zero-order chi connectivity index (χ0) is 13.9. The second-order valence-electron chi connectivity index (χ2n) is 6.29. The maximum absolute atomic E-state index is 3.42. The van der Waals surface area contributed by atoms with E-state index in [1.807, 2.05) is 0 Å². The smallest absolute Gasteiger partial charge is 0.0233 e. The van der Waals surface area contributed by atoms with Gasteiger partial charge < -0.3 is 10.2 Å². The Hall–Kier alpha value is -0.900. The summed E-state index contributed by atoms with van der Waals surface area (Å²) in [5.41, 5.74) is 4.44. The molecule has 0 amide bonds. The lowest BCUT2D eigenvalue weighted by atomic mass is 10.0. The molecule has 110 valence electrons. The first-order valence-corrected chi connectivity index (χ1v) is 8.00. The molecule has 0 atom stereocenters. The number of benzene rings is 1. The minimum atomic E-state index is 0.754. The number of nitrogens with zero attached hydrogens (tertiary/aromatic N) is 2. The first kappa shape index (κ1) is 14.1. The van der Waals surface area contributed by atoms with Crippen LogP contribution in [-0.4, -0.2) is 42.5 Å². The number of rotatable bonds is 4. The predicted octanol–water partition coefficient (Wildman–Crippen LogP) is 2.21. The summed E-state index contributed by atoms with van der Waals surface area (Å²) in [6.45, 7) is 9.17. The van der Waals surface area contributed by atoms with Crippen LogP contribution in [0.3, 0.4) is 0 Å². The lowest BCUT2D eigenvalue weighted by Gasteiger charge is -2.36. The number of hydrogen-bond acceptors (Lipinski definition) is 3. The van der Waals surface area contributed by atoms with Crippen molar-refractivity contribution in [2.75, 3.05) is 26.7 Å². The zero-order valence-electron chi connectivity index (χ0n) is 12.9. The Kier molecular flexibility index (Phi) is 4.39. The van der Waals surface area contributed by atoms with E-state index in [1.54, 1.807) is 0 Å². The lowest BCUT2D eigenvalue weighted by molar-refractivity contribution is 0.127. The predicted molar refractivity (Wildman–Crippen MR) is 83.6 cm³/mol. The van der Waals surface area contributed by atoms with Crippen LogP contribution in [-0.2, 0) is 19.6 Å². The van der Waals surface area contributed by atoms with Crippen molar-refractivity contribution in [3.8, 4) is 0 Å². The minimum absolute atomic E-state index is 0.754. The van der Waals surface area contributed by atoms with Crippen LogP contribution in [0.25, 0.3) is 0 Å². The van der Waals surface area contributed by atoms with Gasteiger partial charge in [0.15, 0.2) is 0 Å². The Morgan fingerprint density at radius 2 is 1.95 bits per heavy atom. The normalized spacial score (nSPS) is 20.6. The number of nitrogens with one attached hydrogen (secondary N) is 1. The quantitative estimate of drug-likeness (QED) is 0.907. The van der Waals surface area contributed by atoms with Gasteiger partial charge in [0.2, 0.25) is 0 Å². The van der Waals surface area contributed by atoms with Crippen LogP contribution in [0.1, 0.15) is 36.5 Å². The number of hydrogen-bond donors (Lipinski definition) is 1.